The molecule has 4 aliphatic rings. The van der Waals surface area contributed by atoms with E-state index < -0.39 is 0 Å². The number of rotatable bonds is 0. The van der Waals surface area contributed by atoms with Crippen molar-refractivity contribution in [1.29, 1.82) is 0 Å². The lowest BCUT2D eigenvalue weighted by Crippen LogP contribution is -2.46. The summed E-state index contributed by atoms with van der Waals surface area (Å²) in [6.45, 7) is 7.71. The van der Waals surface area contributed by atoms with Crippen molar-refractivity contribution in [3.05, 3.63) is 0 Å². The molecule has 0 aromatic carbocycles. The van der Waals surface area contributed by atoms with Crippen molar-refractivity contribution >= 4 is 0 Å². The average molecular weight is 162 g/mol. The van der Waals surface area contributed by atoms with Gasteiger partial charge in [-0.25, -0.2) is 0 Å². The first kappa shape index (κ1) is 6.45. The van der Waals surface area contributed by atoms with Crippen LogP contribution >= 0.6 is 0 Å². The van der Waals surface area contributed by atoms with Gasteiger partial charge in [0.25, 0.3) is 0 Å². The van der Waals surface area contributed by atoms with E-state index in [1.54, 1.807) is 25.7 Å². The standard InChI is InChI=1S/C12H18/c1-9-5-4-8-6-10(2)11(3,7-9)12(8,9)10/h8H,4-7H2,1-3H3/t8-,9+,10?,11?,12?/m1/s1. The monoisotopic (exact) mass is 162 g/mol. The van der Waals surface area contributed by atoms with E-state index in [0.29, 0.717) is 0 Å². The zero-order valence-corrected chi connectivity index (χ0v) is 8.41. The third kappa shape index (κ3) is 0.249. The summed E-state index contributed by atoms with van der Waals surface area (Å²) in [5.41, 5.74) is 3.26. The highest BCUT2D eigenvalue weighted by Gasteiger charge is 3.01. The van der Waals surface area contributed by atoms with Crippen molar-refractivity contribution in [2.75, 3.05) is 0 Å². The predicted octanol–water partition coefficient (Wildman–Crippen LogP) is 3.22. The van der Waals surface area contributed by atoms with E-state index in [1.165, 1.54) is 0 Å². The summed E-state index contributed by atoms with van der Waals surface area (Å²) < 4.78 is 0. The fourth-order valence-electron chi connectivity index (χ4n) is 6.98. The van der Waals surface area contributed by atoms with E-state index in [1.807, 2.05) is 0 Å². The van der Waals surface area contributed by atoms with Gasteiger partial charge < -0.3 is 0 Å². The lowest BCUT2D eigenvalue weighted by molar-refractivity contribution is -0.0435. The van der Waals surface area contributed by atoms with Crippen LogP contribution in [0.1, 0.15) is 46.5 Å². The molecule has 0 aromatic rings. The molecule has 4 rings (SSSR count). The largest absolute Gasteiger partial charge is 0.0590 e. The summed E-state index contributed by atoms with van der Waals surface area (Å²) in [4.78, 5) is 0. The van der Waals surface area contributed by atoms with Gasteiger partial charge in [-0.2, -0.15) is 0 Å². The van der Waals surface area contributed by atoms with Crippen LogP contribution in [0.2, 0.25) is 0 Å². The summed E-state index contributed by atoms with van der Waals surface area (Å²) in [7, 11) is 0. The second kappa shape index (κ2) is 1.14. The Labute approximate surface area is 74.7 Å². The van der Waals surface area contributed by atoms with E-state index in [9.17, 15) is 0 Å². The van der Waals surface area contributed by atoms with Gasteiger partial charge in [-0.3, -0.25) is 0 Å². The third-order valence-electron chi connectivity index (χ3n) is 6.90. The van der Waals surface area contributed by atoms with Crippen LogP contribution < -0.4 is 0 Å². The lowest BCUT2D eigenvalue weighted by Gasteiger charge is -2.52. The van der Waals surface area contributed by atoms with E-state index in [4.69, 9.17) is 0 Å². The van der Waals surface area contributed by atoms with Crippen molar-refractivity contribution < 1.29 is 0 Å². The molecule has 4 aliphatic carbocycles. The van der Waals surface area contributed by atoms with Crippen molar-refractivity contribution in [1.82, 2.24) is 0 Å². The molecule has 0 aliphatic heterocycles. The van der Waals surface area contributed by atoms with Crippen molar-refractivity contribution in [3.63, 3.8) is 0 Å². The van der Waals surface area contributed by atoms with Gasteiger partial charge in [0.2, 0.25) is 0 Å². The van der Waals surface area contributed by atoms with Crippen molar-refractivity contribution in [2.24, 2.45) is 27.6 Å². The molecule has 66 valence electrons. The van der Waals surface area contributed by atoms with Gasteiger partial charge in [-0.05, 0) is 53.3 Å². The Morgan fingerprint density at radius 1 is 1.08 bits per heavy atom. The van der Waals surface area contributed by atoms with Crippen LogP contribution in [0.25, 0.3) is 0 Å². The minimum atomic E-state index is 0.791. The highest BCUT2D eigenvalue weighted by Crippen LogP contribution is 3.07. The number of hydrogen-bond donors (Lipinski definition) is 0. The van der Waals surface area contributed by atoms with E-state index in [2.05, 4.69) is 20.8 Å². The summed E-state index contributed by atoms with van der Waals surface area (Å²) in [6, 6.07) is 0. The molecule has 12 heavy (non-hydrogen) atoms. The Morgan fingerprint density at radius 3 is 2.25 bits per heavy atom. The Hall–Kier alpha value is 0. The first-order chi connectivity index (χ1) is 5.52. The Morgan fingerprint density at radius 2 is 1.83 bits per heavy atom. The molecular formula is C12H18. The zero-order valence-electron chi connectivity index (χ0n) is 8.41. The number of hydrogen-bond acceptors (Lipinski definition) is 0. The molecule has 0 bridgehead atoms. The molecule has 0 heteroatoms. The highest BCUT2D eigenvalue weighted by molar-refractivity contribution is 5.49. The molecule has 0 saturated heterocycles. The van der Waals surface area contributed by atoms with Crippen LogP contribution in [0.5, 0.6) is 0 Å². The van der Waals surface area contributed by atoms with Gasteiger partial charge in [-0.15, -0.1) is 0 Å². The normalized spacial score (nSPS) is 81.8. The summed E-state index contributed by atoms with van der Waals surface area (Å²) in [6.07, 6.45) is 6.22. The first-order valence-electron chi connectivity index (χ1n) is 5.52. The van der Waals surface area contributed by atoms with Crippen molar-refractivity contribution in [3.8, 4) is 0 Å². The maximum absolute atomic E-state index is 2.57. The minimum absolute atomic E-state index is 0.791. The van der Waals surface area contributed by atoms with Gasteiger partial charge in [0, 0.05) is 0 Å². The zero-order chi connectivity index (χ0) is 8.41. The van der Waals surface area contributed by atoms with E-state index in [-0.39, 0.29) is 0 Å². The average Bonchev–Trinajstić information content (AvgIpc) is 2.11. The molecule has 5 atom stereocenters. The summed E-state index contributed by atoms with van der Waals surface area (Å²) in [5, 5.41) is 0. The third-order valence-corrected chi connectivity index (χ3v) is 6.90. The first-order valence-corrected chi connectivity index (χ1v) is 5.52. The molecule has 0 aromatic heterocycles. The predicted molar refractivity (Wildman–Crippen MR) is 48.7 cm³/mol. The molecule has 4 saturated carbocycles. The molecule has 3 unspecified atom stereocenters. The molecule has 0 N–H and O–H groups in total. The van der Waals surface area contributed by atoms with Gasteiger partial charge in [0.05, 0.1) is 0 Å². The smallest absolute Gasteiger partial charge is 0.00961 e. The van der Waals surface area contributed by atoms with Crippen LogP contribution in [0.3, 0.4) is 0 Å². The van der Waals surface area contributed by atoms with Crippen LogP contribution in [-0.4, -0.2) is 0 Å². The molecule has 0 nitrogen and oxygen atoms in total. The molecule has 1 spiro atoms. The maximum atomic E-state index is 2.57. The fraction of sp³-hybridized carbons (Fsp3) is 1.00. The Kier molecular flexibility index (Phi) is 0.616. The molecule has 4 fully saturated rings. The second-order valence-corrected chi connectivity index (χ2v) is 6.65. The summed E-state index contributed by atoms with van der Waals surface area (Å²) in [5.74, 6) is 1.14. The topological polar surface area (TPSA) is 0 Å². The number of fused-ring (bicyclic) bond motifs is 1. The second-order valence-electron chi connectivity index (χ2n) is 6.65. The molecule has 0 amide bonds. The van der Waals surface area contributed by atoms with Crippen molar-refractivity contribution in [2.45, 2.75) is 46.5 Å². The van der Waals surface area contributed by atoms with Gasteiger partial charge in [0.15, 0.2) is 0 Å². The Bertz CT molecular complexity index is 285. The van der Waals surface area contributed by atoms with Crippen LogP contribution in [-0.2, 0) is 0 Å². The van der Waals surface area contributed by atoms with Crippen LogP contribution in [0, 0.1) is 27.6 Å². The fourth-order valence-corrected chi connectivity index (χ4v) is 6.98. The van der Waals surface area contributed by atoms with E-state index >= 15 is 0 Å². The minimum Gasteiger partial charge on any atom is -0.0590 e. The molecule has 0 heterocycles. The maximum Gasteiger partial charge on any atom is -0.00961 e. The van der Waals surface area contributed by atoms with Crippen LogP contribution in [0.15, 0.2) is 0 Å². The SMILES string of the molecule is CC12C[C@H]3CC[C@@]4(C)CC1(C)C324. The lowest BCUT2D eigenvalue weighted by atomic mass is 9.52. The van der Waals surface area contributed by atoms with Crippen LogP contribution in [0.4, 0.5) is 0 Å². The quantitative estimate of drug-likeness (QED) is 0.513. The summed E-state index contributed by atoms with van der Waals surface area (Å²) >= 11 is 0. The van der Waals surface area contributed by atoms with E-state index in [0.717, 1.165) is 27.6 Å². The van der Waals surface area contributed by atoms with Gasteiger partial charge >= 0.3 is 0 Å². The van der Waals surface area contributed by atoms with Gasteiger partial charge in [0.1, 0.15) is 0 Å². The Balaban J connectivity index is 1.98. The molecular weight excluding hydrogens is 144 g/mol. The van der Waals surface area contributed by atoms with Gasteiger partial charge in [-0.1, -0.05) is 20.8 Å². The highest BCUT2D eigenvalue weighted by atomic mass is 15.0. The molecule has 0 radical (unpaired) electrons.